The summed E-state index contributed by atoms with van der Waals surface area (Å²) in [5.41, 5.74) is 2.64. The van der Waals surface area contributed by atoms with Crippen LogP contribution in [0.2, 0.25) is 0 Å². The minimum absolute atomic E-state index is 0.689. The molecule has 2 aromatic carbocycles. The van der Waals surface area contributed by atoms with Crippen molar-refractivity contribution < 1.29 is 4.74 Å². The van der Waals surface area contributed by atoms with E-state index in [0.717, 1.165) is 23.1 Å². The predicted octanol–water partition coefficient (Wildman–Crippen LogP) is 5.45. The molecule has 2 aromatic rings. The molecule has 102 valence electrons. The van der Waals surface area contributed by atoms with Gasteiger partial charge in [-0.3, -0.25) is 0 Å². The molecule has 0 saturated heterocycles. The number of ether oxygens (including phenoxy) is 1. The Morgan fingerprint density at radius 2 is 1.90 bits per heavy atom. The van der Waals surface area contributed by atoms with Crippen molar-refractivity contribution in [3.05, 3.63) is 69.5 Å². The predicted molar refractivity (Wildman–Crippen MR) is 88.3 cm³/mol. The molecule has 0 aliphatic carbocycles. The van der Waals surface area contributed by atoms with Crippen molar-refractivity contribution in [1.82, 2.24) is 0 Å². The fourth-order valence-corrected chi connectivity index (χ4v) is 3.38. The third-order valence-corrected chi connectivity index (χ3v) is 4.74. The molecule has 0 saturated carbocycles. The van der Waals surface area contributed by atoms with Gasteiger partial charge in [0.25, 0.3) is 0 Å². The molecule has 3 heteroatoms. The minimum atomic E-state index is 0.689. The van der Waals surface area contributed by atoms with Crippen LogP contribution in [0.3, 0.4) is 0 Å². The Morgan fingerprint density at radius 1 is 1.05 bits per heavy atom. The van der Waals surface area contributed by atoms with Gasteiger partial charge in [0.05, 0.1) is 0 Å². The van der Waals surface area contributed by atoms with Gasteiger partial charge in [-0.15, -0.1) is 0 Å². The van der Waals surface area contributed by atoms with Crippen molar-refractivity contribution >= 4 is 27.7 Å². The maximum atomic E-state index is 5.90. The highest BCUT2D eigenvalue weighted by molar-refractivity contribution is 9.10. The maximum absolute atomic E-state index is 5.90. The number of hydrogen-bond donors (Lipinski definition) is 0. The van der Waals surface area contributed by atoms with Gasteiger partial charge in [-0.25, -0.2) is 0 Å². The molecule has 1 aliphatic heterocycles. The molecule has 0 fully saturated rings. The molecule has 3 rings (SSSR count). The summed E-state index contributed by atoms with van der Waals surface area (Å²) in [5, 5.41) is 2.23. The average molecular weight is 347 g/mol. The zero-order chi connectivity index (χ0) is 13.8. The number of halogens is 1. The van der Waals surface area contributed by atoms with Gasteiger partial charge in [0.1, 0.15) is 12.4 Å². The van der Waals surface area contributed by atoms with Gasteiger partial charge in [-0.2, -0.15) is 0 Å². The van der Waals surface area contributed by atoms with Crippen molar-refractivity contribution in [3.8, 4) is 5.75 Å². The second-order valence-corrected chi connectivity index (χ2v) is 6.61. The Hall–Kier alpha value is -1.19. The first-order chi connectivity index (χ1) is 9.81. The molecular formula is C17H15BrOS. The Bertz CT molecular complexity index is 622. The summed E-state index contributed by atoms with van der Waals surface area (Å²) in [6.45, 7) is 0.689. The van der Waals surface area contributed by atoms with Gasteiger partial charge in [-0.05, 0) is 59.7 Å². The van der Waals surface area contributed by atoms with Gasteiger partial charge >= 0.3 is 0 Å². The molecule has 0 radical (unpaired) electrons. The Labute approximate surface area is 132 Å². The van der Waals surface area contributed by atoms with Crippen molar-refractivity contribution in [2.45, 2.75) is 17.7 Å². The van der Waals surface area contributed by atoms with Crippen molar-refractivity contribution in [1.29, 1.82) is 0 Å². The summed E-state index contributed by atoms with van der Waals surface area (Å²) in [4.78, 5) is 1.27. The van der Waals surface area contributed by atoms with Crippen LogP contribution in [0.15, 0.2) is 68.9 Å². The van der Waals surface area contributed by atoms with E-state index in [1.165, 1.54) is 16.0 Å². The van der Waals surface area contributed by atoms with E-state index in [-0.39, 0.29) is 0 Å². The third kappa shape index (κ3) is 3.47. The number of benzene rings is 2. The van der Waals surface area contributed by atoms with Crippen LogP contribution in [0.4, 0.5) is 0 Å². The minimum Gasteiger partial charge on any atom is -0.489 e. The standard InChI is InChI=1S/C17H15BrOS/c18-15-8-9-17-14(10-15)7-6-13(11-19-17)12-20-16-4-2-1-3-5-16/h1-5,8-10,12H,6-7,11H2/b13-12+. The van der Waals surface area contributed by atoms with E-state index in [1.807, 2.05) is 18.2 Å². The molecule has 0 spiro atoms. The molecule has 0 amide bonds. The first kappa shape index (κ1) is 13.8. The molecule has 1 heterocycles. The van der Waals surface area contributed by atoms with Crippen LogP contribution in [0, 0.1) is 0 Å². The fraction of sp³-hybridized carbons (Fsp3) is 0.176. The van der Waals surface area contributed by atoms with Crippen LogP contribution in [-0.2, 0) is 6.42 Å². The molecule has 1 aliphatic rings. The van der Waals surface area contributed by atoms with Crippen molar-refractivity contribution in [2.24, 2.45) is 0 Å². The second kappa shape index (κ2) is 6.51. The van der Waals surface area contributed by atoms with E-state index in [1.54, 1.807) is 11.8 Å². The van der Waals surface area contributed by atoms with E-state index in [2.05, 4.69) is 51.7 Å². The van der Waals surface area contributed by atoms with Gasteiger partial charge in [0, 0.05) is 9.37 Å². The molecule has 0 bridgehead atoms. The summed E-state index contributed by atoms with van der Waals surface area (Å²) in [6.07, 6.45) is 2.10. The Kier molecular flexibility index (Phi) is 4.48. The molecular weight excluding hydrogens is 332 g/mol. The number of rotatable bonds is 2. The number of aryl methyl sites for hydroxylation is 1. The van der Waals surface area contributed by atoms with E-state index >= 15 is 0 Å². The zero-order valence-corrected chi connectivity index (χ0v) is 13.4. The normalized spacial score (nSPS) is 16.4. The highest BCUT2D eigenvalue weighted by Crippen LogP contribution is 2.30. The zero-order valence-electron chi connectivity index (χ0n) is 11.0. The van der Waals surface area contributed by atoms with Gasteiger partial charge < -0.3 is 4.74 Å². The first-order valence-electron chi connectivity index (χ1n) is 6.62. The molecule has 1 nitrogen and oxygen atoms in total. The highest BCUT2D eigenvalue weighted by atomic mass is 79.9. The maximum Gasteiger partial charge on any atom is 0.123 e. The Morgan fingerprint density at radius 3 is 2.75 bits per heavy atom. The van der Waals surface area contributed by atoms with Crippen LogP contribution in [0.1, 0.15) is 12.0 Å². The summed E-state index contributed by atoms with van der Waals surface area (Å²) in [5.74, 6) is 1.02. The number of fused-ring (bicyclic) bond motifs is 1. The summed E-state index contributed by atoms with van der Waals surface area (Å²) >= 11 is 5.28. The van der Waals surface area contributed by atoms with Crippen LogP contribution in [0.25, 0.3) is 0 Å². The third-order valence-electron chi connectivity index (χ3n) is 3.26. The number of hydrogen-bond acceptors (Lipinski definition) is 2. The lowest BCUT2D eigenvalue weighted by atomic mass is 10.1. The van der Waals surface area contributed by atoms with E-state index in [0.29, 0.717) is 6.61 Å². The molecule has 0 atom stereocenters. The van der Waals surface area contributed by atoms with Crippen molar-refractivity contribution in [3.63, 3.8) is 0 Å². The molecule has 0 unspecified atom stereocenters. The quantitative estimate of drug-likeness (QED) is 0.668. The van der Waals surface area contributed by atoms with Crippen LogP contribution in [0.5, 0.6) is 5.75 Å². The van der Waals surface area contributed by atoms with Crippen LogP contribution >= 0.6 is 27.7 Å². The molecule has 0 N–H and O–H groups in total. The second-order valence-electron chi connectivity index (χ2n) is 4.75. The Balaban J connectivity index is 1.70. The van der Waals surface area contributed by atoms with E-state index < -0.39 is 0 Å². The summed E-state index contributed by atoms with van der Waals surface area (Å²) < 4.78 is 7.02. The largest absolute Gasteiger partial charge is 0.489 e. The van der Waals surface area contributed by atoms with E-state index in [9.17, 15) is 0 Å². The highest BCUT2D eigenvalue weighted by Gasteiger charge is 2.12. The van der Waals surface area contributed by atoms with Gasteiger partial charge in [-0.1, -0.05) is 45.9 Å². The number of thioether (sulfide) groups is 1. The lowest BCUT2D eigenvalue weighted by Crippen LogP contribution is -1.98. The fourth-order valence-electron chi connectivity index (χ4n) is 2.17. The van der Waals surface area contributed by atoms with Crippen LogP contribution in [-0.4, -0.2) is 6.61 Å². The summed E-state index contributed by atoms with van der Waals surface area (Å²) in [7, 11) is 0. The molecule has 20 heavy (non-hydrogen) atoms. The monoisotopic (exact) mass is 346 g/mol. The summed E-state index contributed by atoms with van der Waals surface area (Å²) in [6, 6.07) is 16.7. The smallest absolute Gasteiger partial charge is 0.123 e. The molecule has 0 aromatic heterocycles. The lowest BCUT2D eigenvalue weighted by Gasteiger charge is -2.06. The topological polar surface area (TPSA) is 9.23 Å². The van der Waals surface area contributed by atoms with Crippen LogP contribution < -0.4 is 4.74 Å². The first-order valence-corrected chi connectivity index (χ1v) is 8.29. The SMILES string of the molecule is Brc1ccc2c(c1)CC/C(=C\Sc1ccccc1)CO2. The van der Waals surface area contributed by atoms with Crippen molar-refractivity contribution in [2.75, 3.05) is 6.61 Å². The van der Waals surface area contributed by atoms with E-state index in [4.69, 9.17) is 4.74 Å². The average Bonchev–Trinajstić information content (AvgIpc) is 2.68. The van der Waals surface area contributed by atoms with Gasteiger partial charge in [0.2, 0.25) is 0 Å². The lowest BCUT2D eigenvalue weighted by molar-refractivity contribution is 0.353. The van der Waals surface area contributed by atoms with Gasteiger partial charge in [0.15, 0.2) is 0 Å².